The van der Waals surface area contributed by atoms with Gasteiger partial charge < -0.3 is 10.2 Å². The van der Waals surface area contributed by atoms with E-state index in [0.717, 1.165) is 43.2 Å². The molecule has 166 valence electrons. The number of carbonyl (C=O) groups is 2. The van der Waals surface area contributed by atoms with Crippen LogP contribution in [0.25, 0.3) is 0 Å². The number of halogens is 1. The lowest BCUT2D eigenvalue weighted by Gasteiger charge is -2.30. The second kappa shape index (κ2) is 11.1. The lowest BCUT2D eigenvalue weighted by molar-refractivity contribution is -0.140. The van der Waals surface area contributed by atoms with Crippen molar-refractivity contribution >= 4 is 11.8 Å². The van der Waals surface area contributed by atoms with Crippen molar-refractivity contribution in [1.29, 1.82) is 0 Å². The molecule has 0 saturated heterocycles. The lowest BCUT2D eigenvalue weighted by Crippen LogP contribution is -2.49. The summed E-state index contributed by atoms with van der Waals surface area (Å²) in [5.41, 5.74) is 3.18. The molecule has 0 spiro atoms. The van der Waals surface area contributed by atoms with Gasteiger partial charge in [-0.15, -0.1) is 0 Å². The number of benzene rings is 2. The minimum absolute atomic E-state index is 0.0713. The van der Waals surface area contributed by atoms with E-state index >= 15 is 0 Å². The van der Waals surface area contributed by atoms with Gasteiger partial charge in [-0.3, -0.25) is 9.59 Å². The highest BCUT2D eigenvalue weighted by molar-refractivity contribution is 5.87. The standard InChI is InChI=1S/C26H33FN2O2/c1-3-20-8-10-21(11-9-20)14-17-25(30)29(18-22-12-15-23(27)16-13-22)19(2)26(31)28-24-6-4-5-7-24/h8-13,15-16,19,24H,3-7,14,17-18H2,1-2H3,(H,28,31)/t19-/m0/s1. The number of carbonyl (C=O) groups excluding carboxylic acids is 2. The molecule has 3 rings (SSSR count). The molecule has 1 aliphatic carbocycles. The van der Waals surface area contributed by atoms with Crippen LogP contribution in [0.1, 0.15) is 62.6 Å². The number of nitrogens with one attached hydrogen (secondary N) is 1. The molecule has 31 heavy (non-hydrogen) atoms. The maximum Gasteiger partial charge on any atom is 0.242 e. The van der Waals surface area contributed by atoms with Gasteiger partial charge in [0.05, 0.1) is 0 Å². The lowest BCUT2D eigenvalue weighted by atomic mass is 10.0. The fraction of sp³-hybridized carbons (Fsp3) is 0.462. The maximum absolute atomic E-state index is 13.3. The van der Waals surface area contributed by atoms with E-state index in [1.807, 2.05) is 0 Å². The van der Waals surface area contributed by atoms with Crippen molar-refractivity contribution in [3.63, 3.8) is 0 Å². The Hall–Kier alpha value is -2.69. The molecule has 0 radical (unpaired) electrons. The van der Waals surface area contributed by atoms with Gasteiger partial charge in [0.1, 0.15) is 11.9 Å². The molecule has 0 heterocycles. The van der Waals surface area contributed by atoms with E-state index in [1.54, 1.807) is 24.0 Å². The second-order valence-corrected chi connectivity index (χ2v) is 8.48. The van der Waals surface area contributed by atoms with Crippen molar-refractivity contribution < 1.29 is 14.0 Å². The smallest absolute Gasteiger partial charge is 0.242 e. The highest BCUT2D eigenvalue weighted by Gasteiger charge is 2.28. The van der Waals surface area contributed by atoms with Gasteiger partial charge in [0.15, 0.2) is 0 Å². The molecule has 2 amide bonds. The van der Waals surface area contributed by atoms with Gasteiger partial charge in [-0.2, -0.15) is 0 Å². The van der Waals surface area contributed by atoms with Crippen LogP contribution in [0.5, 0.6) is 0 Å². The predicted octanol–water partition coefficient (Wildman–Crippen LogP) is 4.80. The van der Waals surface area contributed by atoms with E-state index in [1.165, 1.54) is 17.7 Å². The van der Waals surface area contributed by atoms with Crippen LogP contribution >= 0.6 is 0 Å². The molecular weight excluding hydrogens is 391 g/mol. The molecule has 1 saturated carbocycles. The van der Waals surface area contributed by atoms with Gasteiger partial charge in [-0.05, 0) is 61.4 Å². The summed E-state index contributed by atoms with van der Waals surface area (Å²) < 4.78 is 13.3. The maximum atomic E-state index is 13.3. The topological polar surface area (TPSA) is 49.4 Å². The summed E-state index contributed by atoms with van der Waals surface area (Å²) >= 11 is 0. The van der Waals surface area contributed by atoms with Gasteiger partial charge in [0.2, 0.25) is 11.8 Å². The number of hydrogen-bond donors (Lipinski definition) is 1. The van der Waals surface area contributed by atoms with E-state index < -0.39 is 6.04 Å². The molecular formula is C26H33FN2O2. The van der Waals surface area contributed by atoms with Crippen molar-refractivity contribution in [2.75, 3.05) is 0 Å². The zero-order valence-corrected chi connectivity index (χ0v) is 18.6. The molecule has 1 aliphatic rings. The second-order valence-electron chi connectivity index (χ2n) is 8.48. The zero-order valence-electron chi connectivity index (χ0n) is 18.6. The minimum Gasteiger partial charge on any atom is -0.352 e. The van der Waals surface area contributed by atoms with Crippen molar-refractivity contribution in [2.45, 2.75) is 77.4 Å². The summed E-state index contributed by atoms with van der Waals surface area (Å²) in [6, 6.07) is 14.0. The van der Waals surface area contributed by atoms with Crippen molar-refractivity contribution in [3.05, 3.63) is 71.0 Å². The average molecular weight is 425 g/mol. The van der Waals surface area contributed by atoms with Gasteiger partial charge >= 0.3 is 0 Å². The largest absolute Gasteiger partial charge is 0.352 e. The van der Waals surface area contributed by atoms with Crippen LogP contribution in [-0.4, -0.2) is 28.8 Å². The molecule has 5 heteroatoms. The first-order chi connectivity index (χ1) is 15.0. The van der Waals surface area contributed by atoms with Crippen molar-refractivity contribution in [3.8, 4) is 0 Å². The number of hydrogen-bond acceptors (Lipinski definition) is 2. The summed E-state index contributed by atoms with van der Waals surface area (Å²) in [5, 5.41) is 3.10. The molecule has 2 aromatic carbocycles. The summed E-state index contributed by atoms with van der Waals surface area (Å²) in [6.45, 7) is 4.18. The Balaban J connectivity index is 1.68. The van der Waals surface area contributed by atoms with E-state index in [0.29, 0.717) is 12.8 Å². The Kier molecular flexibility index (Phi) is 8.21. The molecule has 0 aromatic heterocycles. The Morgan fingerprint density at radius 2 is 1.58 bits per heavy atom. The first-order valence-electron chi connectivity index (χ1n) is 11.4. The fourth-order valence-electron chi connectivity index (χ4n) is 4.10. The fourth-order valence-corrected chi connectivity index (χ4v) is 4.10. The first kappa shape index (κ1) is 23.0. The molecule has 1 atom stereocenters. The third kappa shape index (κ3) is 6.65. The Labute approximate surface area is 184 Å². The van der Waals surface area contributed by atoms with Crippen LogP contribution in [0.3, 0.4) is 0 Å². The third-order valence-corrected chi connectivity index (χ3v) is 6.19. The van der Waals surface area contributed by atoms with Crippen molar-refractivity contribution in [2.24, 2.45) is 0 Å². The summed E-state index contributed by atoms with van der Waals surface area (Å²) in [6.07, 6.45) is 6.20. The number of amides is 2. The predicted molar refractivity (Wildman–Crippen MR) is 121 cm³/mol. The van der Waals surface area contributed by atoms with E-state index in [-0.39, 0.29) is 30.2 Å². The monoisotopic (exact) mass is 424 g/mol. The molecule has 0 aliphatic heterocycles. The van der Waals surface area contributed by atoms with Crippen LogP contribution in [0, 0.1) is 5.82 Å². The van der Waals surface area contributed by atoms with Gasteiger partial charge in [-0.25, -0.2) is 4.39 Å². The quantitative estimate of drug-likeness (QED) is 0.629. The molecule has 0 bridgehead atoms. The summed E-state index contributed by atoms with van der Waals surface area (Å²) in [7, 11) is 0. The summed E-state index contributed by atoms with van der Waals surface area (Å²) in [4.78, 5) is 27.7. The van der Waals surface area contributed by atoms with Crippen LogP contribution in [-0.2, 0) is 29.0 Å². The highest BCUT2D eigenvalue weighted by atomic mass is 19.1. The first-order valence-corrected chi connectivity index (χ1v) is 11.4. The molecule has 4 nitrogen and oxygen atoms in total. The van der Waals surface area contributed by atoms with Crippen LogP contribution in [0.4, 0.5) is 4.39 Å². The normalized spacial score (nSPS) is 14.9. The number of nitrogens with zero attached hydrogens (tertiary/aromatic N) is 1. The van der Waals surface area contributed by atoms with Crippen molar-refractivity contribution in [1.82, 2.24) is 10.2 Å². The molecule has 0 unspecified atom stereocenters. The molecule has 2 aromatic rings. The van der Waals surface area contributed by atoms with E-state index in [2.05, 4.69) is 36.5 Å². The number of aryl methyl sites for hydroxylation is 2. The minimum atomic E-state index is -0.583. The van der Waals surface area contributed by atoms with Gasteiger partial charge in [0.25, 0.3) is 0 Å². The van der Waals surface area contributed by atoms with Gasteiger partial charge in [-0.1, -0.05) is 56.2 Å². The Bertz CT molecular complexity index is 858. The van der Waals surface area contributed by atoms with Crippen LogP contribution < -0.4 is 5.32 Å². The van der Waals surface area contributed by atoms with Gasteiger partial charge in [0, 0.05) is 19.0 Å². The summed E-state index contributed by atoms with van der Waals surface area (Å²) in [5.74, 6) is -0.503. The third-order valence-electron chi connectivity index (χ3n) is 6.19. The van der Waals surface area contributed by atoms with Crippen LogP contribution in [0.15, 0.2) is 48.5 Å². The van der Waals surface area contributed by atoms with E-state index in [4.69, 9.17) is 0 Å². The van der Waals surface area contributed by atoms with E-state index in [9.17, 15) is 14.0 Å². The average Bonchev–Trinajstić information content (AvgIpc) is 3.30. The Morgan fingerprint density at radius 1 is 1.00 bits per heavy atom. The zero-order chi connectivity index (χ0) is 22.2. The highest BCUT2D eigenvalue weighted by Crippen LogP contribution is 2.19. The molecule has 1 fully saturated rings. The van der Waals surface area contributed by atoms with Crippen LogP contribution in [0.2, 0.25) is 0 Å². The SMILES string of the molecule is CCc1ccc(CCC(=O)N(Cc2ccc(F)cc2)[C@@H](C)C(=O)NC2CCCC2)cc1. The molecule has 1 N–H and O–H groups in total. The number of rotatable bonds is 9. The Morgan fingerprint density at radius 3 is 2.19 bits per heavy atom.